The van der Waals surface area contributed by atoms with Crippen LogP contribution in [0.1, 0.15) is 64.7 Å². The van der Waals surface area contributed by atoms with E-state index in [1.54, 1.807) is 0 Å². The Morgan fingerprint density at radius 2 is 1.81 bits per heavy atom. The van der Waals surface area contributed by atoms with Crippen LogP contribution in [0.3, 0.4) is 0 Å². The summed E-state index contributed by atoms with van der Waals surface area (Å²) in [6, 6.07) is 9.03. The molecule has 0 atom stereocenters. The van der Waals surface area contributed by atoms with Crippen LogP contribution in [0.2, 0.25) is 0 Å². The molecule has 2 nitrogen and oxygen atoms in total. The Bertz CT molecular complexity index is 441. The first-order valence-electron chi connectivity index (χ1n) is 8.80. The van der Waals surface area contributed by atoms with Gasteiger partial charge in [-0.05, 0) is 62.5 Å². The van der Waals surface area contributed by atoms with Gasteiger partial charge in [0, 0.05) is 6.04 Å². The fraction of sp³-hybridized carbons (Fsp3) is 0.684. The third-order valence-electron chi connectivity index (χ3n) is 5.42. The van der Waals surface area contributed by atoms with Crippen LogP contribution < -0.4 is 10.1 Å². The van der Waals surface area contributed by atoms with Gasteiger partial charge in [-0.1, -0.05) is 31.9 Å². The van der Waals surface area contributed by atoms with Gasteiger partial charge in [0.25, 0.3) is 0 Å². The van der Waals surface area contributed by atoms with Crippen LogP contribution in [0, 0.1) is 5.41 Å². The van der Waals surface area contributed by atoms with Gasteiger partial charge in [-0.3, -0.25) is 0 Å². The number of benzene rings is 1. The minimum Gasteiger partial charge on any atom is -0.491 e. The Kier molecular flexibility index (Phi) is 4.72. The van der Waals surface area contributed by atoms with E-state index >= 15 is 0 Å². The van der Waals surface area contributed by atoms with Crippen LogP contribution >= 0.6 is 0 Å². The minimum atomic E-state index is 0.627. The molecule has 0 saturated heterocycles. The van der Waals surface area contributed by atoms with Gasteiger partial charge in [0.15, 0.2) is 0 Å². The molecule has 0 heterocycles. The zero-order valence-electron chi connectivity index (χ0n) is 13.4. The molecule has 0 bridgehead atoms. The molecular weight excluding hydrogens is 258 g/mol. The van der Waals surface area contributed by atoms with Crippen LogP contribution in [-0.4, -0.2) is 12.6 Å². The SMILES string of the molecule is CCCOc1ccccc1NC1CCC2(CCCC2)CC1. The van der Waals surface area contributed by atoms with Gasteiger partial charge in [0.1, 0.15) is 5.75 Å². The highest BCUT2D eigenvalue weighted by molar-refractivity contribution is 5.56. The van der Waals surface area contributed by atoms with Gasteiger partial charge in [0.2, 0.25) is 0 Å². The van der Waals surface area contributed by atoms with Gasteiger partial charge in [-0.15, -0.1) is 0 Å². The Morgan fingerprint density at radius 1 is 1.10 bits per heavy atom. The summed E-state index contributed by atoms with van der Waals surface area (Å²) in [7, 11) is 0. The van der Waals surface area contributed by atoms with E-state index in [1.165, 1.54) is 57.1 Å². The molecule has 2 saturated carbocycles. The average Bonchev–Trinajstić information content (AvgIpc) is 2.97. The van der Waals surface area contributed by atoms with E-state index in [0.29, 0.717) is 6.04 Å². The molecule has 1 aromatic carbocycles. The van der Waals surface area contributed by atoms with Crippen molar-refractivity contribution < 1.29 is 4.74 Å². The lowest BCUT2D eigenvalue weighted by Crippen LogP contribution is -2.31. The molecule has 21 heavy (non-hydrogen) atoms. The second kappa shape index (κ2) is 6.72. The maximum atomic E-state index is 5.86. The number of nitrogens with one attached hydrogen (secondary N) is 1. The lowest BCUT2D eigenvalue weighted by atomic mass is 9.71. The monoisotopic (exact) mass is 287 g/mol. The Labute approximate surface area is 129 Å². The molecule has 2 aliphatic rings. The highest BCUT2D eigenvalue weighted by atomic mass is 16.5. The predicted molar refractivity (Wildman–Crippen MR) is 89.0 cm³/mol. The summed E-state index contributed by atoms with van der Waals surface area (Å²) in [5, 5.41) is 3.74. The quantitative estimate of drug-likeness (QED) is 0.784. The van der Waals surface area contributed by atoms with Crippen molar-refractivity contribution in [2.75, 3.05) is 11.9 Å². The Hall–Kier alpha value is -1.18. The zero-order valence-corrected chi connectivity index (χ0v) is 13.4. The van der Waals surface area contributed by atoms with Gasteiger partial charge in [-0.2, -0.15) is 0 Å². The molecule has 0 radical (unpaired) electrons. The van der Waals surface area contributed by atoms with Crippen LogP contribution in [0.5, 0.6) is 5.75 Å². The van der Waals surface area contributed by atoms with E-state index in [4.69, 9.17) is 4.74 Å². The Balaban J connectivity index is 1.57. The molecule has 2 aliphatic carbocycles. The zero-order chi connectivity index (χ0) is 14.5. The normalized spacial score (nSPS) is 21.6. The summed E-state index contributed by atoms with van der Waals surface area (Å²) in [5.74, 6) is 1.01. The van der Waals surface area contributed by atoms with E-state index in [1.807, 2.05) is 0 Å². The molecule has 2 heteroatoms. The summed E-state index contributed by atoms with van der Waals surface area (Å²) >= 11 is 0. The largest absolute Gasteiger partial charge is 0.491 e. The highest BCUT2D eigenvalue weighted by Crippen LogP contribution is 2.49. The van der Waals surface area contributed by atoms with Crippen LogP contribution in [0.15, 0.2) is 24.3 Å². The summed E-state index contributed by atoms with van der Waals surface area (Å²) in [6.07, 6.45) is 12.4. The molecular formula is C19H29NO. The minimum absolute atomic E-state index is 0.627. The van der Waals surface area contributed by atoms with Crippen molar-refractivity contribution in [1.82, 2.24) is 0 Å². The van der Waals surface area contributed by atoms with Crippen molar-refractivity contribution in [1.29, 1.82) is 0 Å². The van der Waals surface area contributed by atoms with Crippen molar-refractivity contribution in [2.24, 2.45) is 5.41 Å². The molecule has 1 spiro atoms. The molecule has 3 rings (SSSR count). The molecule has 0 amide bonds. The summed E-state index contributed by atoms with van der Waals surface area (Å²) in [4.78, 5) is 0. The van der Waals surface area contributed by atoms with E-state index < -0.39 is 0 Å². The number of para-hydroxylation sites is 2. The first kappa shape index (κ1) is 14.7. The van der Waals surface area contributed by atoms with E-state index in [-0.39, 0.29) is 0 Å². The van der Waals surface area contributed by atoms with Crippen molar-refractivity contribution in [3.63, 3.8) is 0 Å². The number of hydrogen-bond donors (Lipinski definition) is 1. The summed E-state index contributed by atoms with van der Waals surface area (Å²) in [5.41, 5.74) is 1.90. The standard InChI is InChI=1S/C19H29NO/c1-2-15-21-18-8-4-3-7-17(18)20-16-9-13-19(14-10-16)11-5-6-12-19/h3-4,7-8,16,20H,2,5-6,9-15H2,1H3. The maximum Gasteiger partial charge on any atom is 0.142 e. The van der Waals surface area contributed by atoms with Crippen molar-refractivity contribution in [2.45, 2.75) is 70.8 Å². The molecule has 0 aromatic heterocycles. The molecule has 1 aromatic rings. The fourth-order valence-corrected chi connectivity index (χ4v) is 4.14. The van der Waals surface area contributed by atoms with Crippen molar-refractivity contribution in [3.8, 4) is 5.75 Å². The van der Waals surface area contributed by atoms with Crippen LogP contribution in [0.25, 0.3) is 0 Å². The van der Waals surface area contributed by atoms with E-state index in [2.05, 4.69) is 36.5 Å². The molecule has 1 N–H and O–H groups in total. The summed E-state index contributed by atoms with van der Waals surface area (Å²) in [6.45, 7) is 2.95. The van der Waals surface area contributed by atoms with E-state index in [9.17, 15) is 0 Å². The van der Waals surface area contributed by atoms with Crippen molar-refractivity contribution >= 4 is 5.69 Å². The second-order valence-corrected chi connectivity index (χ2v) is 6.97. The second-order valence-electron chi connectivity index (χ2n) is 6.97. The number of ether oxygens (including phenoxy) is 1. The Morgan fingerprint density at radius 3 is 2.52 bits per heavy atom. The lowest BCUT2D eigenvalue weighted by Gasteiger charge is -2.38. The van der Waals surface area contributed by atoms with Crippen LogP contribution in [-0.2, 0) is 0 Å². The molecule has 2 fully saturated rings. The average molecular weight is 287 g/mol. The first-order valence-corrected chi connectivity index (χ1v) is 8.80. The van der Waals surface area contributed by atoms with Crippen LogP contribution in [0.4, 0.5) is 5.69 Å². The highest BCUT2D eigenvalue weighted by Gasteiger charge is 2.37. The summed E-state index contributed by atoms with van der Waals surface area (Å²) < 4.78 is 5.86. The molecule has 0 aliphatic heterocycles. The molecule has 0 unspecified atom stereocenters. The predicted octanol–water partition coefficient (Wildman–Crippen LogP) is 5.39. The first-order chi connectivity index (χ1) is 10.3. The van der Waals surface area contributed by atoms with Crippen molar-refractivity contribution in [3.05, 3.63) is 24.3 Å². The van der Waals surface area contributed by atoms with Gasteiger partial charge < -0.3 is 10.1 Å². The third kappa shape index (κ3) is 3.53. The van der Waals surface area contributed by atoms with Gasteiger partial charge >= 0.3 is 0 Å². The lowest BCUT2D eigenvalue weighted by molar-refractivity contribution is 0.188. The fourth-order valence-electron chi connectivity index (χ4n) is 4.14. The van der Waals surface area contributed by atoms with Gasteiger partial charge in [0.05, 0.1) is 12.3 Å². The van der Waals surface area contributed by atoms with E-state index in [0.717, 1.165) is 24.2 Å². The maximum absolute atomic E-state index is 5.86. The topological polar surface area (TPSA) is 21.3 Å². The number of hydrogen-bond acceptors (Lipinski definition) is 2. The smallest absolute Gasteiger partial charge is 0.142 e. The number of rotatable bonds is 5. The number of anilines is 1. The van der Waals surface area contributed by atoms with Gasteiger partial charge in [-0.25, -0.2) is 0 Å². The molecule has 116 valence electrons. The third-order valence-corrected chi connectivity index (χ3v) is 5.42.